The molecule has 1 unspecified atom stereocenters. The Kier molecular flexibility index (Phi) is 6.22. The number of sulfonamides is 2. The van der Waals surface area contributed by atoms with E-state index in [-0.39, 0.29) is 15.8 Å². The average molecular weight is 460 g/mol. The monoisotopic (exact) mass is 460 g/mol. The predicted molar refractivity (Wildman–Crippen MR) is 101 cm³/mol. The second kappa shape index (κ2) is 8.38. The number of benzene rings is 2. The van der Waals surface area contributed by atoms with Gasteiger partial charge in [0.15, 0.2) is 0 Å². The molecular weight excluding hydrogens is 442 g/mol. The Morgan fingerprint density at radius 3 is 2.10 bits per heavy atom. The summed E-state index contributed by atoms with van der Waals surface area (Å²) in [5.41, 5.74) is -0.557. The number of carbonyl (C=O) groups excluding carboxylic acids is 1. The summed E-state index contributed by atoms with van der Waals surface area (Å²) in [5, 5.41) is 0. The minimum absolute atomic E-state index is 0.123. The first-order valence-electron chi connectivity index (χ1n) is 8.71. The molecule has 0 aromatic heterocycles. The van der Waals surface area contributed by atoms with Gasteiger partial charge < -0.3 is 4.74 Å². The maximum atomic E-state index is 14.1. The van der Waals surface area contributed by atoms with Gasteiger partial charge in [-0.1, -0.05) is 0 Å². The third-order valence-corrected chi connectivity index (χ3v) is 7.30. The molecule has 1 aliphatic carbocycles. The van der Waals surface area contributed by atoms with E-state index in [1.807, 2.05) is 4.72 Å². The van der Waals surface area contributed by atoms with E-state index in [1.54, 1.807) is 0 Å². The number of ether oxygens (including phenoxy) is 1. The second-order valence-corrected chi connectivity index (χ2v) is 10.0. The van der Waals surface area contributed by atoms with Gasteiger partial charge in [0.1, 0.15) is 17.7 Å². The van der Waals surface area contributed by atoms with E-state index in [4.69, 9.17) is 0 Å². The van der Waals surface area contributed by atoms with Crippen molar-refractivity contribution in [3.8, 4) is 0 Å². The minimum Gasteiger partial charge on any atom is -0.468 e. The van der Waals surface area contributed by atoms with Crippen LogP contribution in [0, 0.1) is 11.6 Å². The first-order valence-corrected chi connectivity index (χ1v) is 11.7. The number of rotatable bonds is 8. The molecule has 1 saturated carbocycles. The highest BCUT2D eigenvalue weighted by molar-refractivity contribution is 7.90. The Balaban J connectivity index is 1.89. The van der Waals surface area contributed by atoms with Crippen molar-refractivity contribution in [3.63, 3.8) is 0 Å². The van der Waals surface area contributed by atoms with Crippen molar-refractivity contribution in [2.45, 2.75) is 34.7 Å². The maximum absolute atomic E-state index is 14.1. The van der Waals surface area contributed by atoms with Crippen molar-refractivity contribution in [1.82, 2.24) is 9.44 Å². The van der Waals surface area contributed by atoms with Crippen LogP contribution in [0.3, 0.4) is 0 Å². The molecule has 0 heterocycles. The molecule has 8 nitrogen and oxygen atoms in total. The largest absolute Gasteiger partial charge is 0.468 e. The highest BCUT2D eigenvalue weighted by Gasteiger charge is 2.31. The number of hydrogen-bond donors (Lipinski definition) is 2. The normalized spacial score (nSPS) is 15.6. The molecule has 162 valence electrons. The van der Waals surface area contributed by atoms with Crippen LogP contribution in [0.5, 0.6) is 0 Å². The number of carbonyl (C=O) groups is 1. The molecule has 0 radical (unpaired) electrons. The van der Waals surface area contributed by atoms with E-state index in [0.717, 1.165) is 56.3 Å². The number of hydrogen-bond acceptors (Lipinski definition) is 6. The molecule has 0 saturated heterocycles. The van der Waals surface area contributed by atoms with Crippen molar-refractivity contribution < 1.29 is 35.1 Å². The summed E-state index contributed by atoms with van der Waals surface area (Å²) in [4.78, 5) is 11.5. The summed E-state index contributed by atoms with van der Waals surface area (Å²) in [6.45, 7) is 0. The third-order valence-electron chi connectivity index (χ3n) is 4.32. The van der Waals surface area contributed by atoms with E-state index in [9.17, 15) is 30.4 Å². The van der Waals surface area contributed by atoms with Crippen LogP contribution in [0.25, 0.3) is 0 Å². The maximum Gasteiger partial charge on any atom is 0.328 e. The zero-order chi connectivity index (χ0) is 22.1. The quantitative estimate of drug-likeness (QED) is 0.578. The molecule has 12 heteroatoms. The summed E-state index contributed by atoms with van der Waals surface area (Å²) in [5.74, 6) is -3.05. The van der Waals surface area contributed by atoms with Crippen LogP contribution in [0.2, 0.25) is 0 Å². The van der Waals surface area contributed by atoms with Gasteiger partial charge in [-0.3, -0.25) is 0 Å². The molecule has 1 fully saturated rings. The number of esters is 1. The Labute approximate surface area is 172 Å². The Morgan fingerprint density at radius 1 is 1.00 bits per heavy atom. The zero-order valence-corrected chi connectivity index (χ0v) is 17.3. The molecule has 2 aromatic rings. The fraction of sp³-hybridized carbons (Fsp3) is 0.278. The lowest BCUT2D eigenvalue weighted by atomic mass is 10.1. The summed E-state index contributed by atoms with van der Waals surface area (Å²) < 4.78 is 86.3. The summed E-state index contributed by atoms with van der Waals surface area (Å²) in [6.07, 6.45) is 1.47. The fourth-order valence-corrected chi connectivity index (χ4v) is 5.07. The smallest absolute Gasteiger partial charge is 0.328 e. The minimum atomic E-state index is -4.42. The molecule has 0 bridgehead atoms. The Bertz CT molecular complexity index is 1160. The van der Waals surface area contributed by atoms with E-state index in [1.165, 1.54) is 0 Å². The zero-order valence-electron chi connectivity index (χ0n) is 15.6. The Morgan fingerprint density at radius 2 is 1.57 bits per heavy atom. The average Bonchev–Trinajstić information content (AvgIpc) is 3.51. The second-order valence-electron chi connectivity index (χ2n) is 6.61. The van der Waals surface area contributed by atoms with Crippen molar-refractivity contribution in [2.75, 3.05) is 7.11 Å². The van der Waals surface area contributed by atoms with Gasteiger partial charge in [-0.2, -0.15) is 4.72 Å². The number of halogens is 2. The SMILES string of the molecule is COC(=O)C(NS(=O)(=O)c1ccc(S(=O)(=O)NC2CC2)cc1)c1cc(F)ccc1F. The lowest BCUT2D eigenvalue weighted by molar-refractivity contribution is -0.142. The van der Waals surface area contributed by atoms with E-state index in [2.05, 4.69) is 9.46 Å². The van der Waals surface area contributed by atoms with Crippen LogP contribution < -0.4 is 9.44 Å². The summed E-state index contributed by atoms with van der Waals surface area (Å²) >= 11 is 0. The highest BCUT2D eigenvalue weighted by Crippen LogP contribution is 2.25. The fourth-order valence-electron chi connectivity index (χ4n) is 2.60. The third kappa shape index (κ3) is 5.01. The van der Waals surface area contributed by atoms with Crippen molar-refractivity contribution in [2.24, 2.45) is 0 Å². The van der Waals surface area contributed by atoms with Crippen LogP contribution in [0.1, 0.15) is 24.4 Å². The highest BCUT2D eigenvalue weighted by atomic mass is 32.2. The van der Waals surface area contributed by atoms with Gasteiger partial charge >= 0.3 is 5.97 Å². The van der Waals surface area contributed by atoms with Crippen LogP contribution in [0.4, 0.5) is 8.78 Å². The number of methoxy groups -OCH3 is 1. The molecule has 0 amide bonds. The van der Waals surface area contributed by atoms with Crippen LogP contribution >= 0.6 is 0 Å². The standard InChI is InChI=1S/C18H18F2N2O6S2/c1-28-18(23)17(15-10-11(19)2-9-16(15)20)22-30(26,27)14-7-5-13(6-8-14)29(24,25)21-12-3-4-12/h2,5-10,12,17,21-22H,3-4H2,1H3. The summed E-state index contributed by atoms with van der Waals surface area (Å²) in [7, 11) is -7.24. The topological polar surface area (TPSA) is 119 Å². The van der Waals surface area contributed by atoms with Crippen molar-refractivity contribution >= 4 is 26.0 Å². The van der Waals surface area contributed by atoms with Crippen molar-refractivity contribution in [1.29, 1.82) is 0 Å². The predicted octanol–water partition coefficient (Wildman–Crippen LogP) is 1.60. The van der Waals surface area contributed by atoms with Crippen LogP contribution in [-0.4, -0.2) is 36.0 Å². The molecule has 1 aliphatic rings. The van der Waals surface area contributed by atoms with Crippen LogP contribution in [0.15, 0.2) is 52.3 Å². The van der Waals surface area contributed by atoms with Gasteiger partial charge in [-0.25, -0.2) is 35.1 Å². The molecule has 0 spiro atoms. The molecule has 1 atom stereocenters. The van der Waals surface area contributed by atoms with Gasteiger partial charge in [0.25, 0.3) is 0 Å². The Hall–Kier alpha value is -2.41. The summed E-state index contributed by atoms with van der Waals surface area (Å²) in [6, 6.07) is 4.51. The molecular formula is C18H18F2N2O6S2. The van der Waals surface area contributed by atoms with E-state index < -0.39 is 49.3 Å². The first kappa shape index (κ1) is 22.3. The van der Waals surface area contributed by atoms with Gasteiger partial charge in [0.05, 0.1) is 16.9 Å². The lowest BCUT2D eigenvalue weighted by Crippen LogP contribution is -2.35. The molecule has 2 N–H and O–H groups in total. The van der Waals surface area contributed by atoms with Crippen molar-refractivity contribution in [3.05, 3.63) is 59.7 Å². The van der Waals surface area contributed by atoms with Gasteiger partial charge in [0, 0.05) is 11.6 Å². The molecule has 0 aliphatic heterocycles. The lowest BCUT2D eigenvalue weighted by Gasteiger charge is -2.18. The first-order chi connectivity index (χ1) is 14.0. The van der Waals surface area contributed by atoms with E-state index in [0.29, 0.717) is 6.07 Å². The van der Waals surface area contributed by atoms with Gasteiger partial charge in [-0.15, -0.1) is 0 Å². The van der Waals surface area contributed by atoms with Gasteiger partial charge in [-0.05, 0) is 55.3 Å². The number of nitrogens with one attached hydrogen (secondary N) is 2. The van der Waals surface area contributed by atoms with Gasteiger partial charge in [0.2, 0.25) is 20.0 Å². The van der Waals surface area contributed by atoms with Crippen LogP contribution in [-0.2, 0) is 29.6 Å². The molecule has 3 rings (SSSR count). The van der Waals surface area contributed by atoms with E-state index >= 15 is 0 Å². The molecule has 30 heavy (non-hydrogen) atoms. The molecule has 2 aromatic carbocycles.